The Hall–Kier alpha value is -2.51. The van der Waals surface area contributed by atoms with Crippen molar-refractivity contribution in [2.45, 2.75) is 21.6 Å². The third kappa shape index (κ3) is 4.17. The Bertz CT molecular complexity index is 1040. The van der Waals surface area contributed by atoms with Gasteiger partial charge in [-0.2, -0.15) is 0 Å². The molecule has 0 aliphatic carbocycles. The summed E-state index contributed by atoms with van der Waals surface area (Å²) < 4.78 is 0. The van der Waals surface area contributed by atoms with Crippen molar-refractivity contribution in [3.63, 3.8) is 0 Å². The fraction of sp³-hybridized carbons (Fsp3) is 0.105. The lowest BCUT2D eigenvalue weighted by molar-refractivity contribution is 0.898. The molecule has 2 N–H and O–H groups in total. The highest BCUT2D eigenvalue weighted by Gasteiger charge is 2.07. The molecule has 2 heterocycles. The number of hydrogen-bond acceptors (Lipinski definition) is 5. The number of rotatable bonds is 6. The van der Waals surface area contributed by atoms with E-state index in [9.17, 15) is 4.79 Å². The maximum Gasteiger partial charge on any atom is 0.251 e. The first-order valence-corrected chi connectivity index (χ1v) is 10.1. The average molecular weight is 380 g/mol. The van der Waals surface area contributed by atoms with Gasteiger partial charge in [-0.1, -0.05) is 42.1 Å². The Morgan fingerprint density at radius 3 is 2.50 bits per heavy atom. The molecule has 0 fully saturated rings. The summed E-state index contributed by atoms with van der Waals surface area (Å²) in [5, 5.41) is 0.613. The van der Waals surface area contributed by atoms with E-state index in [2.05, 4.69) is 32.1 Å². The van der Waals surface area contributed by atoms with Gasteiger partial charge in [0.2, 0.25) is 0 Å². The molecule has 5 nitrogen and oxygen atoms in total. The SMILES string of the molecule is O=c1cc(CSc2ccccc2)nc(SCc2nc3ccccc3[nH]2)[nH]1. The highest BCUT2D eigenvalue weighted by Crippen LogP contribution is 2.23. The van der Waals surface area contributed by atoms with Gasteiger partial charge in [-0.25, -0.2) is 9.97 Å². The number of aromatic amines is 2. The second-order valence-corrected chi connectivity index (χ2v) is 7.65. The van der Waals surface area contributed by atoms with Crippen LogP contribution in [0.1, 0.15) is 11.5 Å². The van der Waals surface area contributed by atoms with Crippen LogP contribution in [0.3, 0.4) is 0 Å². The van der Waals surface area contributed by atoms with E-state index in [0.717, 1.165) is 27.4 Å². The lowest BCUT2D eigenvalue weighted by Crippen LogP contribution is -2.09. The monoisotopic (exact) mass is 380 g/mol. The second kappa shape index (κ2) is 7.80. The lowest BCUT2D eigenvalue weighted by Gasteiger charge is -2.04. The number of para-hydroxylation sites is 2. The predicted molar refractivity (Wildman–Crippen MR) is 107 cm³/mol. The molecule has 0 radical (unpaired) electrons. The minimum Gasteiger partial charge on any atom is -0.341 e. The normalized spacial score (nSPS) is 11.1. The Labute approximate surface area is 158 Å². The van der Waals surface area contributed by atoms with Gasteiger partial charge in [0.15, 0.2) is 5.16 Å². The van der Waals surface area contributed by atoms with Gasteiger partial charge in [0.25, 0.3) is 5.56 Å². The number of nitrogens with one attached hydrogen (secondary N) is 2. The van der Waals surface area contributed by atoms with Crippen molar-refractivity contribution in [2.24, 2.45) is 0 Å². The number of aromatic nitrogens is 4. The van der Waals surface area contributed by atoms with Gasteiger partial charge in [-0.15, -0.1) is 11.8 Å². The molecule has 4 aromatic rings. The van der Waals surface area contributed by atoms with Gasteiger partial charge < -0.3 is 9.97 Å². The molecule has 2 aromatic heterocycles. The maximum atomic E-state index is 11.9. The summed E-state index contributed by atoms with van der Waals surface area (Å²) >= 11 is 3.13. The molecule has 130 valence electrons. The van der Waals surface area contributed by atoms with Gasteiger partial charge in [0.1, 0.15) is 5.82 Å². The summed E-state index contributed by atoms with van der Waals surface area (Å²) in [6.07, 6.45) is 0. The first-order valence-electron chi connectivity index (χ1n) is 8.11. The van der Waals surface area contributed by atoms with Crippen molar-refractivity contribution >= 4 is 34.6 Å². The Kier molecular flexibility index (Phi) is 5.08. The van der Waals surface area contributed by atoms with Crippen molar-refractivity contribution in [3.05, 3.63) is 82.5 Å². The molecule has 4 rings (SSSR count). The zero-order chi connectivity index (χ0) is 17.8. The molecule has 2 aromatic carbocycles. The second-order valence-electron chi connectivity index (χ2n) is 5.63. The standard InChI is InChI=1S/C19H16N4OS2/c24-18-10-13(11-25-14-6-2-1-3-7-14)20-19(23-18)26-12-17-21-15-8-4-5-9-16(15)22-17/h1-10H,11-12H2,(H,21,22)(H,20,23,24). The molecular weight excluding hydrogens is 364 g/mol. The molecule has 0 bridgehead atoms. The van der Waals surface area contributed by atoms with E-state index in [1.165, 1.54) is 11.8 Å². The zero-order valence-corrected chi connectivity index (χ0v) is 15.4. The van der Waals surface area contributed by atoms with Crippen LogP contribution in [0.5, 0.6) is 0 Å². The molecule has 0 atom stereocenters. The minimum absolute atomic E-state index is 0.129. The molecule has 0 saturated carbocycles. The van der Waals surface area contributed by atoms with Gasteiger partial charge in [-0.3, -0.25) is 4.79 Å². The summed E-state index contributed by atoms with van der Waals surface area (Å²) in [5.74, 6) is 2.14. The number of imidazole rings is 1. The Morgan fingerprint density at radius 2 is 1.65 bits per heavy atom. The van der Waals surface area contributed by atoms with Crippen LogP contribution in [0.25, 0.3) is 11.0 Å². The third-order valence-electron chi connectivity index (χ3n) is 3.69. The molecule has 7 heteroatoms. The molecule has 0 saturated heterocycles. The zero-order valence-electron chi connectivity index (χ0n) is 13.8. The topological polar surface area (TPSA) is 74.4 Å². The van der Waals surface area contributed by atoms with Crippen LogP contribution in [0.4, 0.5) is 0 Å². The van der Waals surface area contributed by atoms with Crippen LogP contribution < -0.4 is 5.56 Å². The fourth-order valence-electron chi connectivity index (χ4n) is 2.51. The van der Waals surface area contributed by atoms with E-state index in [4.69, 9.17) is 0 Å². The van der Waals surface area contributed by atoms with Crippen molar-refractivity contribution in [2.75, 3.05) is 0 Å². The summed E-state index contributed by atoms with van der Waals surface area (Å²) in [7, 11) is 0. The number of nitrogens with zero attached hydrogens (tertiary/aromatic N) is 2. The number of hydrogen-bond donors (Lipinski definition) is 2. The fourth-order valence-corrected chi connectivity index (χ4v) is 4.09. The maximum absolute atomic E-state index is 11.9. The van der Waals surface area contributed by atoms with E-state index in [1.54, 1.807) is 17.8 Å². The van der Waals surface area contributed by atoms with Gasteiger partial charge in [0, 0.05) is 16.7 Å². The first-order chi connectivity index (χ1) is 12.8. The number of fused-ring (bicyclic) bond motifs is 1. The smallest absolute Gasteiger partial charge is 0.251 e. The quantitative estimate of drug-likeness (QED) is 0.387. The van der Waals surface area contributed by atoms with Crippen LogP contribution >= 0.6 is 23.5 Å². The molecule has 0 spiro atoms. The van der Waals surface area contributed by atoms with Crippen LogP contribution in [0, 0.1) is 0 Å². The van der Waals surface area contributed by atoms with E-state index in [0.29, 0.717) is 16.7 Å². The van der Waals surface area contributed by atoms with Crippen LogP contribution in [0.15, 0.2) is 75.5 Å². The summed E-state index contributed by atoms with van der Waals surface area (Å²) in [6, 6.07) is 19.6. The van der Waals surface area contributed by atoms with E-state index >= 15 is 0 Å². The van der Waals surface area contributed by atoms with Crippen molar-refractivity contribution in [1.82, 2.24) is 19.9 Å². The minimum atomic E-state index is -0.129. The molecule has 0 amide bonds. The summed E-state index contributed by atoms with van der Waals surface area (Å²) in [4.78, 5) is 28.3. The van der Waals surface area contributed by atoms with Crippen molar-refractivity contribution < 1.29 is 0 Å². The van der Waals surface area contributed by atoms with Crippen LogP contribution in [-0.2, 0) is 11.5 Å². The molecule has 26 heavy (non-hydrogen) atoms. The molecular formula is C19H16N4OS2. The third-order valence-corrected chi connectivity index (χ3v) is 5.62. The van der Waals surface area contributed by atoms with Crippen LogP contribution in [-0.4, -0.2) is 19.9 Å². The molecule has 0 unspecified atom stereocenters. The van der Waals surface area contributed by atoms with Gasteiger partial charge in [-0.05, 0) is 24.3 Å². The van der Waals surface area contributed by atoms with E-state index < -0.39 is 0 Å². The highest BCUT2D eigenvalue weighted by atomic mass is 32.2. The Balaban J connectivity index is 1.44. The van der Waals surface area contributed by atoms with Gasteiger partial charge >= 0.3 is 0 Å². The van der Waals surface area contributed by atoms with Crippen molar-refractivity contribution in [1.29, 1.82) is 0 Å². The van der Waals surface area contributed by atoms with Crippen LogP contribution in [0.2, 0.25) is 0 Å². The number of H-pyrrole nitrogens is 2. The van der Waals surface area contributed by atoms with E-state index in [1.807, 2.05) is 42.5 Å². The molecule has 0 aliphatic heterocycles. The number of thioether (sulfide) groups is 2. The Morgan fingerprint density at radius 1 is 0.846 bits per heavy atom. The lowest BCUT2D eigenvalue weighted by atomic mass is 10.3. The average Bonchev–Trinajstić information content (AvgIpc) is 3.08. The van der Waals surface area contributed by atoms with Gasteiger partial charge in [0.05, 0.1) is 22.5 Å². The van der Waals surface area contributed by atoms with E-state index in [-0.39, 0.29) is 5.56 Å². The van der Waals surface area contributed by atoms with Crippen molar-refractivity contribution in [3.8, 4) is 0 Å². The molecule has 0 aliphatic rings. The predicted octanol–water partition coefficient (Wildman–Crippen LogP) is 4.23. The summed E-state index contributed by atoms with van der Waals surface area (Å²) in [5.41, 5.74) is 2.60. The summed E-state index contributed by atoms with van der Waals surface area (Å²) in [6.45, 7) is 0. The number of benzene rings is 2. The highest BCUT2D eigenvalue weighted by molar-refractivity contribution is 7.98. The first kappa shape index (κ1) is 16.9. The largest absolute Gasteiger partial charge is 0.341 e.